The van der Waals surface area contributed by atoms with Crippen molar-refractivity contribution in [3.63, 3.8) is 0 Å². The van der Waals surface area contributed by atoms with Gasteiger partial charge in [0.1, 0.15) is 0 Å². The second kappa shape index (κ2) is 5.04. The zero-order valence-electron chi connectivity index (χ0n) is 11.2. The molecule has 1 amide bonds. The molecule has 0 saturated heterocycles. The van der Waals surface area contributed by atoms with E-state index in [9.17, 15) is 13.6 Å². The number of rotatable bonds is 5. The summed E-state index contributed by atoms with van der Waals surface area (Å²) in [6.45, 7) is 1.40. The highest BCUT2D eigenvalue weighted by Crippen LogP contribution is 2.34. The normalized spacial score (nSPS) is 18.1. The third kappa shape index (κ3) is 2.92. The fourth-order valence-electron chi connectivity index (χ4n) is 2.38. The summed E-state index contributed by atoms with van der Waals surface area (Å²) in [5, 5.41) is 0. The standard InChI is InChI=1S/C15H18F2N2O/c16-12-5-11(14(18)6-13(12)17)15(20)19(7-9-1-2-9)8-10-3-4-10/h5-6,9-10H,1-4,7-8,18H2. The predicted molar refractivity (Wildman–Crippen MR) is 72.1 cm³/mol. The van der Waals surface area contributed by atoms with Gasteiger partial charge in [0.15, 0.2) is 11.6 Å². The van der Waals surface area contributed by atoms with Gasteiger partial charge in [-0.05, 0) is 43.6 Å². The lowest BCUT2D eigenvalue weighted by Gasteiger charge is -2.23. The summed E-state index contributed by atoms with van der Waals surface area (Å²) in [5.41, 5.74) is 5.75. The van der Waals surface area contributed by atoms with Gasteiger partial charge in [-0.1, -0.05) is 0 Å². The molecule has 2 aliphatic carbocycles. The molecule has 0 heterocycles. The van der Waals surface area contributed by atoms with Crippen LogP contribution in [0.25, 0.3) is 0 Å². The highest BCUT2D eigenvalue weighted by Gasteiger charge is 2.32. The molecule has 5 heteroatoms. The van der Waals surface area contributed by atoms with Gasteiger partial charge in [-0.2, -0.15) is 0 Å². The zero-order valence-corrected chi connectivity index (χ0v) is 11.2. The van der Waals surface area contributed by atoms with E-state index < -0.39 is 11.6 Å². The third-order valence-electron chi connectivity index (χ3n) is 3.96. The van der Waals surface area contributed by atoms with Crippen molar-refractivity contribution >= 4 is 11.6 Å². The fourth-order valence-corrected chi connectivity index (χ4v) is 2.38. The molecule has 0 bridgehead atoms. The van der Waals surface area contributed by atoms with Crippen molar-refractivity contribution in [1.82, 2.24) is 4.90 Å². The van der Waals surface area contributed by atoms with Crippen LogP contribution < -0.4 is 5.73 Å². The average molecular weight is 280 g/mol. The minimum absolute atomic E-state index is 0.00509. The average Bonchev–Trinajstić information content (AvgIpc) is 3.27. The van der Waals surface area contributed by atoms with Crippen molar-refractivity contribution in [2.45, 2.75) is 25.7 Å². The Morgan fingerprint density at radius 1 is 1.10 bits per heavy atom. The lowest BCUT2D eigenvalue weighted by atomic mass is 10.1. The van der Waals surface area contributed by atoms with Crippen molar-refractivity contribution in [2.24, 2.45) is 11.8 Å². The first-order valence-corrected chi connectivity index (χ1v) is 7.08. The van der Waals surface area contributed by atoms with Gasteiger partial charge in [-0.25, -0.2) is 8.78 Å². The van der Waals surface area contributed by atoms with Crippen LogP contribution in [0.5, 0.6) is 0 Å². The highest BCUT2D eigenvalue weighted by molar-refractivity contribution is 5.99. The molecule has 2 saturated carbocycles. The maximum absolute atomic E-state index is 13.3. The number of hydrogen-bond donors (Lipinski definition) is 1. The first kappa shape index (κ1) is 13.3. The van der Waals surface area contributed by atoms with Gasteiger partial charge in [0.25, 0.3) is 5.91 Å². The van der Waals surface area contributed by atoms with Gasteiger partial charge < -0.3 is 10.6 Å². The minimum atomic E-state index is -1.03. The first-order chi connectivity index (χ1) is 9.54. The van der Waals surface area contributed by atoms with Crippen molar-refractivity contribution in [3.05, 3.63) is 29.3 Å². The van der Waals surface area contributed by atoms with E-state index in [0.717, 1.165) is 37.8 Å². The molecule has 0 atom stereocenters. The van der Waals surface area contributed by atoms with Crippen LogP contribution in [-0.2, 0) is 0 Å². The van der Waals surface area contributed by atoms with Gasteiger partial charge in [-0.3, -0.25) is 4.79 Å². The molecular formula is C15H18F2N2O. The molecule has 2 fully saturated rings. The Labute approximate surface area is 116 Å². The molecule has 0 radical (unpaired) electrons. The van der Waals surface area contributed by atoms with E-state index in [1.54, 1.807) is 4.90 Å². The molecule has 0 unspecified atom stereocenters. The van der Waals surface area contributed by atoms with Gasteiger partial charge in [-0.15, -0.1) is 0 Å². The fraction of sp³-hybridized carbons (Fsp3) is 0.533. The number of nitrogens with two attached hydrogens (primary N) is 1. The van der Waals surface area contributed by atoms with Crippen LogP contribution in [0.3, 0.4) is 0 Å². The van der Waals surface area contributed by atoms with Crippen molar-refractivity contribution in [1.29, 1.82) is 0 Å². The van der Waals surface area contributed by atoms with Crippen molar-refractivity contribution in [3.8, 4) is 0 Å². The second-order valence-electron chi connectivity index (χ2n) is 5.95. The number of anilines is 1. The topological polar surface area (TPSA) is 46.3 Å². The van der Waals surface area contributed by atoms with Gasteiger partial charge in [0.2, 0.25) is 0 Å². The number of carbonyl (C=O) groups is 1. The second-order valence-corrected chi connectivity index (χ2v) is 5.95. The van der Waals surface area contributed by atoms with E-state index in [1.165, 1.54) is 0 Å². The molecule has 1 aromatic carbocycles. The maximum Gasteiger partial charge on any atom is 0.256 e. The first-order valence-electron chi connectivity index (χ1n) is 7.08. The number of hydrogen-bond acceptors (Lipinski definition) is 2. The van der Waals surface area contributed by atoms with Crippen molar-refractivity contribution < 1.29 is 13.6 Å². The zero-order chi connectivity index (χ0) is 14.3. The molecule has 3 nitrogen and oxygen atoms in total. The molecule has 1 aromatic rings. The van der Waals surface area contributed by atoms with Crippen LogP contribution in [0, 0.1) is 23.5 Å². The molecule has 0 spiro atoms. The number of amides is 1. The Balaban J connectivity index is 1.81. The lowest BCUT2D eigenvalue weighted by Crippen LogP contribution is -2.35. The monoisotopic (exact) mass is 280 g/mol. The summed E-state index contributed by atoms with van der Waals surface area (Å²) in [6, 6.07) is 1.80. The molecule has 20 heavy (non-hydrogen) atoms. The summed E-state index contributed by atoms with van der Waals surface area (Å²) in [7, 11) is 0. The highest BCUT2D eigenvalue weighted by atomic mass is 19.2. The summed E-state index contributed by atoms with van der Waals surface area (Å²) in [5.74, 6) is -1.20. The Morgan fingerprint density at radius 2 is 1.60 bits per heavy atom. The van der Waals surface area contributed by atoms with Crippen molar-refractivity contribution in [2.75, 3.05) is 18.8 Å². The minimum Gasteiger partial charge on any atom is -0.398 e. The largest absolute Gasteiger partial charge is 0.398 e. The Kier molecular flexibility index (Phi) is 3.36. The Bertz CT molecular complexity index is 525. The Morgan fingerprint density at radius 3 is 2.10 bits per heavy atom. The predicted octanol–water partition coefficient (Wildman–Crippen LogP) is 2.81. The molecule has 0 aromatic heterocycles. The van der Waals surface area contributed by atoms with Crippen LogP contribution in [0.4, 0.5) is 14.5 Å². The maximum atomic E-state index is 13.3. The number of carbonyl (C=O) groups excluding carboxylic acids is 1. The summed E-state index contributed by atoms with van der Waals surface area (Å²) < 4.78 is 26.4. The quantitative estimate of drug-likeness (QED) is 0.843. The molecule has 0 aliphatic heterocycles. The van der Waals surface area contributed by atoms with Gasteiger partial charge in [0.05, 0.1) is 5.56 Å². The summed E-state index contributed by atoms with van der Waals surface area (Å²) >= 11 is 0. The van der Waals surface area contributed by atoms with Crippen LogP contribution >= 0.6 is 0 Å². The van der Waals surface area contributed by atoms with E-state index in [-0.39, 0.29) is 17.2 Å². The number of benzene rings is 1. The molecule has 2 N–H and O–H groups in total. The molecule has 108 valence electrons. The van der Waals surface area contributed by atoms with E-state index >= 15 is 0 Å². The van der Waals surface area contributed by atoms with Crippen LogP contribution in [-0.4, -0.2) is 23.9 Å². The van der Waals surface area contributed by atoms with Gasteiger partial charge in [0, 0.05) is 24.8 Å². The van der Waals surface area contributed by atoms with Crippen LogP contribution in [0.2, 0.25) is 0 Å². The van der Waals surface area contributed by atoms with E-state index in [0.29, 0.717) is 24.9 Å². The van der Waals surface area contributed by atoms with E-state index in [1.807, 2.05) is 0 Å². The number of nitrogens with zero attached hydrogens (tertiary/aromatic N) is 1. The molecule has 3 rings (SSSR count). The Hall–Kier alpha value is -1.65. The lowest BCUT2D eigenvalue weighted by molar-refractivity contribution is 0.0740. The molecular weight excluding hydrogens is 262 g/mol. The van der Waals surface area contributed by atoms with Gasteiger partial charge >= 0.3 is 0 Å². The van der Waals surface area contributed by atoms with E-state index in [2.05, 4.69) is 0 Å². The smallest absolute Gasteiger partial charge is 0.256 e. The van der Waals surface area contributed by atoms with Crippen LogP contribution in [0.1, 0.15) is 36.0 Å². The SMILES string of the molecule is Nc1cc(F)c(F)cc1C(=O)N(CC1CC1)CC1CC1. The summed E-state index contributed by atoms with van der Waals surface area (Å²) in [4.78, 5) is 14.3. The number of halogens is 2. The molecule has 2 aliphatic rings. The third-order valence-corrected chi connectivity index (χ3v) is 3.96. The van der Waals surface area contributed by atoms with E-state index in [4.69, 9.17) is 5.73 Å². The van der Waals surface area contributed by atoms with Crippen LogP contribution in [0.15, 0.2) is 12.1 Å². The summed E-state index contributed by atoms with van der Waals surface area (Å²) in [6.07, 6.45) is 4.56. The number of nitrogen functional groups attached to an aromatic ring is 1.